The Morgan fingerprint density at radius 3 is 2.43 bits per heavy atom. The van der Waals surface area contributed by atoms with Gasteiger partial charge >= 0.3 is 5.97 Å². The predicted octanol–water partition coefficient (Wildman–Crippen LogP) is 1.82. The molecule has 1 aliphatic rings. The molecule has 0 spiro atoms. The molecule has 1 heterocycles. The van der Waals surface area contributed by atoms with Gasteiger partial charge < -0.3 is 9.52 Å². The average Bonchev–Trinajstić information content (AvgIpc) is 2.69. The van der Waals surface area contributed by atoms with Crippen LogP contribution in [0.1, 0.15) is 34.5 Å². The largest absolute Gasteiger partial charge is 0.475 e. The van der Waals surface area contributed by atoms with Crippen molar-refractivity contribution in [2.45, 2.75) is 13.3 Å². The second kappa shape index (κ2) is 2.97. The second-order valence-electron chi connectivity index (χ2n) is 3.65. The van der Waals surface area contributed by atoms with Crippen molar-refractivity contribution in [3.8, 4) is 0 Å². The molecule has 0 radical (unpaired) electrons. The lowest BCUT2D eigenvalue weighted by atomic mass is 10.2. The van der Waals surface area contributed by atoms with Gasteiger partial charge in [-0.05, 0) is 24.5 Å². The van der Waals surface area contributed by atoms with E-state index >= 15 is 0 Å². The number of ketones is 1. The van der Waals surface area contributed by atoms with Crippen LogP contribution in [0.4, 0.5) is 0 Å². The number of carboxylic acids is 1. The molecule has 1 fully saturated rings. The highest BCUT2D eigenvalue weighted by atomic mass is 16.4. The molecule has 74 valence electrons. The summed E-state index contributed by atoms with van der Waals surface area (Å²) in [5.74, 6) is -0.806. The lowest BCUT2D eigenvalue weighted by Crippen LogP contribution is -2.01. The zero-order valence-electron chi connectivity index (χ0n) is 7.69. The van der Waals surface area contributed by atoms with Gasteiger partial charge in [-0.1, -0.05) is 6.92 Å². The van der Waals surface area contributed by atoms with Gasteiger partial charge in [0.2, 0.25) is 11.5 Å². The fraction of sp³-hybridized carbons (Fsp3) is 0.400. The Hall–Kier alpha value is -1.58. The maximum absolute atomic E-state index is 11.6. The summed E-state index contributed by atoms with van der Waals surface area (Å²) in [6.07, 6.45) is 0.877. The molecule has 14 heavy (non-hydrogen) atoms. The van der Waals surface area contributed by atoms with E-state index in [2.05, 4.69) is 0 Å². The number of carbonyl (C=O) groups is 2. The van der Waals surface area contributed by atoms with E-state index in [1.165, 1.54) is 12.1 Å². The standard InChI is InChI=1S/C10H10O4/c1-5-4-6(5)9(11)7-2-3-8(14-7)10(12)13/h2-3,5-6H,4H2,1H3,(H,12,13). The Morgan fingerprint density at radius 1 is 1.43 bits per heavy atom. The van der Waals surface area contributed by atoms with Gasteiger partial charge in [0.1, 0.15) is 0 Å². The molecule has 1 aliphatic carbocycles. The van der Waals surface area contributed by atoms with E-state index in [0.29, 0.717) is 5.92 Å². The van der Waals surface area contributed by atoms with E-state index in [4.69, 9.17) is 9.52 Å². The van der Waals surface area contributed by atoms with E-state index in [1.807, 2.05) is 6.92 Å². The molecule has 1 N–H and O–H groups in total. The number of carbonyl (C=O) groups excluding carboxylic acids is 1. The number of rotatable bonds is 3. The molecule has 2 rings (SSSR count). The van der Waals surface area contributed by atoms with Crippen LogP contribution in [0.3, 0.4) is 0 Å². The van der Waals surface area contributed by atoms with Crippen LogP contribution in [0.2, 0.25) is 0 Å². The number of carboxylic acid groups (broad SMARTS) is 1. The summed E-state index contributed by atoms with van der Waals surface area (Å²) in [6, 6.07) is 2.74. The molecule has 2 unspecified atom stereocenters. The zero-order valence-corrected chi connectivity index (χ0v) is 7.69. The third kappa shape index (κ3) is 1.43. The van der Waals surface area contributed by atoms with Crippen molar-refractivity contribution in [3.63, 3.8) is 0 Å². The fourth-order valence-corrected chi connectivity index (χ4v) is 1.46. The van der Waals surface area contributed by atoms with Gasteiger partial charge in [-0.25, -0.2) is 4.79 Å². The maximum atomic E-state index is 11.6. The van der Waals surface area contributed by atoms with Crippen molar-refractivity contribution in [2.75, 3.05) is 0 Å². The summed E-state index contributed by atoms with van der Waals surface area (Å²) in [7, 11) is 0. The average molecular weight is 194 g/mol. The van der Waals surface area contributed by atoms with E-state index in [9.17, 15) is 9.59 Å². The third-order valence-corrected chi connectivity index (χ3v) is 2.51. The van der Waals surface area contributed by atoms with E-state index in [1.54, 1.807) is 0 Å². The number of aromatic carboxylic acids is 1. The topological polar surface area (TPSA) is 67.5 Å². The van der Waals surface area contributed by atoms with Crippen LogP contribution in [0, 0.1) is 11.8 Å². The van der Waals surface area contributed by atoms with Crippen molar-refractivity contribution in [3.05, 3.63) is 23.7 Å². The number of hydrogen-bond donors (Lipinski definition) is 1. The van der Waals surface area contributed by atoms with Crippen molar-refractivity contribution in [1.82, 2.24) is 0 Å². The highest BCUT2D eigenvalue weighted by molar-refractivity contribution is 5.98. The molecule has 4 nitrogen and oxygen atoms in total. The first-order valence-electron chi connectivity index (χ1n) is 4.47. The van der Waals surface area contributed by atoms with Gasteiger partial charge in [0, 0.05) is 5.92 Å². The molecule has 2 atom stereocenters. The maximum Gasteiger partial charge on any atom is 0.371 e. The van der Waals surface area contributed by atoms with Crippen LogP contribution in [0.15, 0.2) is 16.5 Å². The molecule has 0 aliphatic heterocycles. The number of Topliss-reactive ketones (excluding diaryl/α,β-unsaturated/α-hetero) is 1. The van der Waals surface area contributed by atoms with Crippen molar-refractivity contribution in [1.29, 1.82) is 0 Å². The van der Waals surface area contributed by atoms with Crippen LogP contribution in [0.25, 0.3) is 0 Å². The Morgan fingerprint density at radius 2 is 2.00 bits per heavy atom. The molecule has 4 heteroatoms. The fourth-order valence-electron chi connectivity index (χ4n) is 1.46. The Balaban J connectivity index is 2.17. The minimum atomic E-state index is -1.15. The molecular weight excluding hydrogens is 184 g/mol. The minimum absolute atomic E-state index is 0.0304. The van der Waals surface area contributed by atoms with Crippen LogP contribution >= 0.6 is 0 Å². The molecular formula is C10H10O4. The monoisotopic (exact) mass is 194 g/mol. The highest BCUT2D eigenvalue weighted by Gasteiger charge is 2.40. The molecule has 0 saturated heterocycles. The summed E-state index contributed by atoms with van der Waals surface area (Å²) in [6.45, 7) is 1.99. The van der Waals surface area contributed by atoms with E-state index in [0.717, 1.165) is 6.42 Å². The van der Waals surface area contributed by atoms with Crippen LogP contribution in [-0.2, 0) is 0 Å². The number of furan rings is 1. The normalized spacial score (nSPS) is 24.6. The minimum Gasteiger partial charge on any atom is -0.475 e. The SMILES string of the molecule is CC1CC1C(=O)c1ccc(C(=O)O)o1. The predicted molar refractivity (Wildman–Crippen MR) is 47.3 cm³/mol. The first-order chi connectivity index (χ1) is 6.59. The van der Waals surface area contributed by atoms with Gasteiger partial charge in [-0.15, -0.1) is 0 Å². The molecule has 0 bridgehead atoms. The second-order valence-corrected chi connectivity index (χ2v) is 3.65. The summed E-state index contributed by atoms with van der Waals surface area (Å²) < 4.78 is 4.91. The molecule has 1 aromatic heterocycles. The van der Waals surface area contributed by atoms with Crippen LogP contribution in [-0.4, -0.2) is 16.9 Å². The van der Waals surface area contributed by atoms with Crippen LogP contribution < -0.4 is 0 Å². The molecule has 1 aromatic rings. The number of hydrogen-bond acceptors (Lipinski definition) is 3. The van der Waals surface area contributed by atoms with Crippen molar-refractivity contribution >= 4 is 11.8 Å². The Kier molecular flexibility index (Phi) is 1.91. The highest BCUT2D eigenvalue weighted by Crippen LogP contribution is 2.40. The van der Waals surface area contributed by atoms with Gasteiger partial charge in [0.15, 0.2) is 5.76 Å². The van der Waals surface area contributed by atoms with Crippen molar-refractivity contribution < 1.29 is 19.1 Å². The summed E-state index contributed by atoms with van der Waals surface area (Å²) in [5, 5.41) is 8.58. The Labute approximate surface area is 80.5 Å². The van der Waals surface area contributed by atoms with Gasteiger partial charge in [0.25, 0.3) is 0 Å². The quantitative estimate of drug-likeness (QED) is 0.745. The first-order valence-corrected chi connectivity index (χ1v) is 4.47. The summed E-state index contributed by atoms with van der Waals surface area (Å²) in [4.78, 5) is 22.0. The van der Waals surface area contributed by atoms with E-state index < -0.39 is 5.97 Å². The zero-order chi connectivity index (χ0) is 10.3. The van der Waals surface area contributed by atoms with Gasteiger partial charge in [-0.3, -0.25) is 4.79 Å². The van der Waals surface area contributed by atoms with E-state index in [-0.39, 0.29) is 23.2 Å². The lowest BCUT2D eigenvalue weighted by Gasteiger charge is -1.92. The molecule has 0 amide bonds. The van der Waals surface area contributed by atoms with Crippen LogP contribution in [0.5, 0.6) is 0 Å². The molecule has 1 saturated carbocycles. The molecule has 0 aromatic carbocycles. The summed E-state index contributed by atoms with van der Waals surface area (Å²) >= 11 is 0. The first kappa shape index (κ1) is 8.99. The summed E-state index contributed by atoms with van der Waals surface area (Å²) in [5.41, 5.74) is 0. The van der Waals surface area contributed by atoms with Crippen molar-refractivity contribution in [2.24, 2.45) is 11.8 Å². The van der Waals surface area contributed by atoms with Gasteiger partial charge in [-0.2, -0.15) is 0 Å². The smallest absolute Gasteiger partial charge is 0.371 e. The lowest BCUT2D eigenvalue weighted by molar-refractivity contribution is 0.0659. The van der Waals surface area contributed by atoms with Gasteiger partial charge in [0.05, 0.1) is 0 Å². The third-order valence-electron chi connectivity index (χ3n) is 2.51. The Bertz CT molecular complexity index is 391.